The molecule has 234 valence electrons. The zero-order valence-electron chi connectivity index (χ0n) is 26.8. The second-order valence-electron chi connectivity index (χ2n) is 11.7. The van der Waals surface area contributed by atoms with E-state index in [1.807, 2.05) is 121 Å². The van der Waals surface area contributed by atoms with Crippen LogP contribution in [0.3, 0.4) is 0 Å². The van der Waals surface area contributed by atoms with E-state index in [0.717, 1.165) is 73.1 Å². The van der Waals surface area contributed by atoms with E-state index in [-0.39, 0.29) is 0 Å². The van der Waals surface area contributed by atoms with E-state index >= 15 is 0 Å². The van der Waals surface area contributed by atoms with Crippen LogP contribution in [0, 0.1) is 6.57 Å². The van der Waals surface area contributed by atoms with Gasteiger partial charge in [-0.3, -0.25) is 9.97 Å². The molecular weight excluding hydrogens is 613 g/mol. The fourth-order valence-corrected chi connectivity index (χ4v) is 5.82. The third kappa shape index (κ3) is 6.40. The summed E-state index contributed by atoms with van der Waals surface area (Å²) < 4.78 is 0. The summed E-state index contributed by atoms with van der Waals surface area (Å²) in [6.07, 6.45) is 3.65. The molecule has 6 heteroatoms. The predicted molar refractivity (Wildman–Crippen MR) is 200 cm³/mol. The van der Waals surface area contributed by atoms with Crippen LogP contribution in [0.2, 0.25) is 0 Å². The third-order valence-corrected chi connectivity index (χ3v) is 8.45. The lowest BCUT2D eigenvalue weighted by Gasteiger charge is -2.11. The van der Waals surface area contributed by atoms with Crippen LogP contribution in [0.25, 0.3) is 83.8 Å². The molecule has 0 amide bonds. The molecule has 8 rings (SSSR count). The van der Waals surface area contributed by atoms with Crippen LogP contribution in [0.1, 0.15) is 0 Å². The Balaban J connectivity index is 1.11. The van der Waals surface area contributed by atoms with Crippen molar-refractivity contribution in [1.29, 1.82) is 0 Å². The average molecular weight is 641 g/mol. The maximum atomic E-state index is 7.31. The molecule has 50 heavy (non-hydrogen) atoms. The molecule has 4 heterocycles. The second-order valence-corrected chi connectivity index (χ2v) is 11.7. The predicted octanol–water partition coefficient (Wildman–Crippen LogP) is 10.9. The lowest BCUT2D eigenvalue weighted by atomic mass is 10.0. The van der Waals surface area contributed by atoms with E-state index in [2.05, 4.69) is 52.3 Å². The summed E-state index contributed by atoms with van der Waals surface area (Å²) in [6.45, 7) is 7.31. The number of pyridine rings is 3. The smallest absolute Gasteiger partial charge is 0.187 e. The molecule has 0 unspecified atom stereocenters. The lowest BCUT2D eigenvalue weighted by Crippen LogP contribution is -1.96. The van der Waals surface area contributed by atoms with Gasteiger partial charge in [-0.25, -0.2) is 19.8 Å². The summed E-state index contributed by atoms with van der Waals surface area (Å²) in [4.78, 5) is 27.7. The molecule has 0 bridgehead atoms. The van der Waals surface area contributed by atoms with Crippen LogP contribution in [0.5, 0.6) is 0 Å². The number of hydrogen-bond donors (Lipinski definition) is 0. The van der Waals surface area contributed by atoms with Gasteiger partial charge in [-0.2, -0.15) is 0 Å². The third-order valence-electron chi connectivity index (χ3n) is 8.45. The fourth-order valence-electron chi connectivity index (χ4n) is 5.82. The SMILES string of the molecule is [C-]#[N+]c1ccc(-c2cc(-c3ccccn3)nc(-c3ccc(-c4ccc(-c5cc(-c6ccccc6)nc(-c6ccccc6)n5)cc4)cn3)c2)cc1. The topological polar surface area (TPSA) is 68.8 Å². The maximum Gasteiger partial charge on any atom is 0.187 e. The molecule has 0 aliphatic carbocycles. The molecule has 0 atom stereocenters. The van der Waals surface area contributed by atoms with Gasteiger partial charge in [-0.15, -0.1) is 0 Å². The molecule has 0 radical (unpaired) electrons. The minimum absolute atomic E-state index is 0.601. The molecule has 6 nitrogen and oxygen atoms in total. The molecule has 4 aromatic carbocycles. The zero-order chi connectivity index (χ0) is 33.7. The molecule has 0 spiro atoms. The zero-order valence-corrected chi connectivity index (χ0v) is 26.8. The normalized spacial score (nSPS) is 10.8. The van der Waals surface area contributed by atoms with Crippen LogP contribution < -0.4 is 0 Å². The van der Waals surface area contributed by atoms with Gasteiger partial charge >= 0.3 is 0 Å². The molecule has 4 aromatic heterocycles. The Morgan fingerprint density at radius 2 is 0.900 bits per heavy atom. The Bertz CT molecular complexity index is 2380. The minimum Gasteiger partial charge on any atom is -0.255 e. The van der Waals surface area contributed by atoms with Crippen molar-refractivity contribution in [1.82, 2.24) is 24.9 Å². The summed E-state index contributed by atoms with van der Waals surface area (Å²) in [5.41, 5.74) is 12.4. The monoisotopic (exact) mass is 640 g/mol. The van der Waals surface area contributed by atoms with Gasteiger partial charge < -0.3 is 0 Å². The fraction of sp³-hybridized carbons (Fsp3) is 0. The van der Waals surface area contributed by atoms with Gasteiger partial charge in [-0.05, 0) is 53.1 Å². The minimum atomic E-state index is 0.601. The van der Waals surface area contributed by atoms with E-state index in [4.69, 9.17) is 26.5 Å². The van der Waals surface area contributed by atoms with Gasteiger partial charge in [0.25, 0.3) is 0 Å². The average Bonchev–Trinajstić information content (AvgIpc) is 3.21. The molecule has 0 aliphatic heterocycles. The van der Waals surface area contributed by atoms with Gasteiger partial charge in [0.05, 0.1) is 40.7 Å². The highest BCUT2D eigenvalue weighted by Gasteiger charge is 2.13. The molecule has 0 N–H and O–H groups in total. The standard InChI is InChI=1S/C44H28N6/c1-45-37-22-19-31(20-23-37)36-26-42(38-14-8-9-25-46-38)48-43(27-36)39-24-21-35(29-47-39)30-15-17-33(18-16-30)41-28-40(32-10-4-2-5-11-32)49-44(50-41)34-12-6-3-7-13-34/h2-29H. The largest absolute Gasteiger partial charge is 0.255 e. The van der Waals surface area contributed by atoms with Crippen molar-refractivity contribution < 1.29 is 0 Å². The number of aromatic nitrogens is 5. The van der Waals surface area contributed by atoms with Crippen molar-refractivity contribution in [2.24, 2.45) is 0 Å². The van der Waals surface area contributed by atoms with Gasteiger partial charge in [0, 0.05) is 34.6 Å². The van der Waals surface area contributed by atoms with Crippen molar-refractivity contribution in [2.45, 2.75) is 0 Å². The Hall–Kier alpha value is -7.10. The van der Waals surface area contributed by atoms with Crippen molar-refractivity contribution >= 4 is 5.69 Å². The number of hydrogen-bond acceptors (Lipinski definition) is 5. The number of rotatable bonds is 7. The van der Waals surface area contributed by atoms with Crippen LogP contribution in [-0.2, 0) is 0 Å². The summed E-state index contributed by atoms with van der Waals surface area (Å²) in [7, 11) is 0. The molecular formula is C44H28N6. The van der Waals surface area contributed by atoms with Crippen LogP contribution in [-0.4, -0.2) is 24.9 Å². The Morgan fingerprint density at radius 3 is 1.50 bits per heavy atom. The highest BCUT2D eigenvalue weighted by atomic mass is 14.9. The van der Waals surface area contributed by atoms with Gasteiger partial charge in [-0.1, -0.05) is 121 Å². The van der Waals surface area contributed by atoms with Crippen molar-refractivity contribution in [3.05, 3.63) is 182 Å². The van der Waals surface area contributed by atoms with Gasteiger partial charge in [0.15, 0.2) is 11.5 Å². The molecule has 0 aliphatic rings. The summed E-state index contributed by atoms with van der Waals surface area (Å²) in [6, 6.07) is 52.2. The van der Waals surface area contributed by atoms with Crippen molar-refractivity contribution in [3.8, 4) is 78.9 Å². The van der Waals surface area contributed by atoms with E-state index < -0.39 is 0 Å². The van der Waals surface area contributed by atoms with E-state index in [0.29, 0.717) is 11.5 Å². The van der Waals surface area contributed by atoms with Crippen molar-refractivity contribution in [2.75, 3.05) is 0 Å². The summed E-state index contributed by atoms with van der Waals surface area (Å²) in [5, 5.41) is 0. The Kier molecular flexibility index (Phi) is 8.20. The molecule has 0 saturated heterocycles. The van der Waals surface area contributed by atoms with E-state index in [9.17, 15) is 0 Å². The van der Waals surface area contributed by atoms with Crippen molar-refractivity contribution in [3.63, 3.8) is 0 Å². The second kappa shape index (κ2) is 13.6. The van der Waals surface area contributed by atoms with E-state index in [1.165, 1.54) is 0 Å². The quantitative estimate of drug-likeness (QED) is 0.162. The van der Waals surface area contributed by atoms with Crippen LogP contribution in [0.15, 0.2) is 170 Å². The Morgan fingerprint density at radius 1 is 0.360 bits per heavy atom. The number of nitrogens with zero attached hydrogens (tertiary/aromatic N) is 6. The first-order valence-corrected chi connectivity index (χ1v) is 16.2. The molecule has 0 fully saturated rings. The number of benzene rings is 4. The first kappa shape index (κ1) is 30.2. The molecule has 8 aromatic rings. The molecule has 0 saturated carbocycles. The Labute approximate surface area is 290 Å². The first-order chi connectivity index (χ1) is 24.7. The highest BCUT2D eigenvalue weighted by Crippen LogP contribution is 2.32. The van der Waals surface area contributed by atoms with Crippen LogP contribution >= 0.6 is 0 Å². The first-order valence-electron chi connectivity index (χ1n) is 16.2. The maximum absolute atomic E-state index is 7.31. The lowest BCUT2D eigenvalue weighted by molar-refractivity contribution is 1.18. The van der Waals surface area contributed by atoms with Crippen LogP contribution in [0.4, 0.5) is 5.69 Å². The van der Waals surface area contributed by atoms with E-state index in [1.54, 1.807) is 6.20 Å². The van der Waals surface area contributed by atoms with Gasteiger partial charge in [0.1, 0.15) is 0 Å². The summed E-state index contributed by atoms with van der Waals surface area (Å²) in [5.74, 6) is 0.690. The highest BCUT2D eigenvalue weighted by molar-refractivity contribution is 5.77. The van der Waals surface area contributed by atoms with Gasteiger partial charge in [0.2, 0.25) is 0 Å². The summed E-state index contributed by atoms with van der Waals surface area (Å²) >= 11 is 0.